The molecule has 154 valence electrons. The van der Waals surface area contributed by atoms with E-state index in [9.17, 15) is 10.1 Å². The fourth-order valence-electron chi connectivity index (χ4n) is 3.71. The minimum atomic E-state index is -1.00. The molecule has 1 aliphatic heterocycles. The third-order valence-corrected chi connectivity index (χ3v) is 5.04. The number of nitriles is 1. The van der Waals surface area contributed by atoms with Crippen molar-refractivity contribution in [3.05, 3.63) is 30.0 Å². The summed E-state index contributed by atoms with van der Waals surface area (Å²) in [5.41, 5.74) is 1.85. The van der Waals surface area contributed by atoms with Gasteiger partial charge in [0.1, 0.15) is 5.69 Å². The maximum absolute atomic E-state index is 12.8. The average Bonchev–Trinajstić information content (AvgIpc) is 2.70. The molecule has 1 amide bonds. The van der Waals surface area contributed by atoms with E-state index in [2.05, 4.69) is 23.2 Å². The summed E-state index contributed by atoms with van der Waals surface area (Å²) >= 11 is 0. The molecule has 1 aromatic heterocycles. The molecule has 7 nitrogen and oxygen atoms in total. The van der Waals surface area contributed by atoms with E-state index in [1.807, 2.05) is 38.1 Å². The lowest BCUT2D eigenvalue weighted by atomic mass is 10.0. The molecular weight excluding hydrogens is 366 g/mol. The molecule has 7 heteroatoms. The van der Waals surface area contributed by atoms with E-state index in [1.54, 1.807) is 0 Å². The number of rotatable bonds is 7. The number of anilines is 1. The van der Waals surface area contributed by atoms with Gasteiger partial charge in [0, 0.05) is 19.6 Å². The number of carbonyl (C=O) groups is 1. The summed E-state index contributed by atoms with van der Waals surface area (Å²) in [5.74, 6) is -0.720. The highest BCUT2D eigenvalue weighted by molar-refractivity contribution is 5.88. The normalized spacial score (nSPS) is 20.3. The van der Waals surface area contributed by atoms with Gasteiger partial charge in [-0.05, 0) is 32.4 Å². The fraction of sp³-hybridized carbons (Fsp3) is 0.545. The first-order valence-electron chi connectivity index (χ1n) is 10.4. The molecule has 0 radical (unpaired) electrons. The monoisotopic (exact) mass is 395 g/mol. The minimum absolute atomic E-state index is 0.0308. The Morgan fingerprint density at radius 1 is 1.24 bits per heavy atom. The SMILES string of the molecule is CCCCCNC(=O)[C@H](C#N)c1nc2ccccc2nc1N1C[C@H](C)O[C@@H](C)C1. The van der Waals surface area contributed by atoms with Crippen LogP contribution in [0, 0.1) is 11.3 Å². The lowest BCUT2D eigenvalue weighted by Crippen LogP contribution is -2.46. The van der Waals surface area contributed by atoms with Gasteiger partial charge in [-0.1, -0.05) is 31.9 Å². The number of morpholine rings is 1. The molecule has 1 fully saturated rings. The van der Waals surface area contributed by atoms with Crippen molar-refractivity contribution in [3.8, 4) is 6.07 Å². The molecule has 1 aliphatic rings. The van der Waals surface area contributed by atoms with Crippen molar-refractivity contribution in [3.63, 3.8) is 0 Å². The lowest BCUT2D eigenvalue weighted by molar-refractivity contribution is -0.121. The Balaban J connectivity index is 1.97. The Morgan fingerprint density at radius 3 is 2.52 bits per heavy atom. The van der Waals surface area contributed by atoms with Crippen LogP contribution in [-0.4, -0.2) is 47.7 Å². The van der Waals surface area contributed by atoms with Gasteiger partial charge in [0.15, 0.2) is 11.7 Å². The Bertz CT molecular complexity index is 884. The van der Waals surface area contributed by atoms with Gasteiger partial charge in [-0.3, -0.25) is 4.79 Å². The number of nitrogens with zero attached hydrogens (tertiary/aromatic N) is 4. The van der Waals surface area contributed by atoms with Crippen LogP contribution in [0.15, 0.2) is 24.3 Å². The number of nitrogens with one attached hydrogen (secondary N) is 1. The second-order valence-corrected chi connectivity index (χ2v) is 7.64. The van der Waals surface area contributed by atoms with Gasteiger partial charge in [-0.15, -0.1) is 0 Å². The molecule has 0 spiro atoms. The third kappa shape index (κ3) is 5.01. The van der Waals surface area contributed by atoms with Gasteiger partial charge in [0.25, 0.3) is 0 Å². The molecular formula is C22H29N5O2. The number of para-hydroxylation sites is 2. The standard InChI is InChI=1S/C22H29N5O2/c1-4-5-8-11-24-22(28)17(12-23)20-21(27-13-15(2)29-16(3)14-27)26-19-10-7-6-9-18(19)25-20/h6-7,9-10,15-17H,4-5,8,11,13-14H2,1-3H3,(H,24,28)/t15-,16-,17+/m0/s1. The Hall–Kier alpha value is -2.72. The first kappa shape index (κ1) is 21.0. The zero-order valence-corrected chi connectivity index (χ0v) is 17.4. The molecule has 3 atom stereocenters. The first-order valence-corrected chi connectivity index (χ1v) is 10.4. The van der Waals surface area contributed by atoms with Crippen LogP contribution < -0.4 is 10.2 Å². The van der Waals surface area contributed by atoms with Crippen molar-refractivity contribution in [1.82, 2.24) is 15.3 Å². The lowest BCUT2D eigenvalue weighted by Gasteiger charge is -2.37. The topological polar surface area (TPSA) is 91.1 Å². The number of benzene rings is 1. The number of fused-ring (bicyclic) bond motifs is 1. The predicted octanol–water partition coefficient (Wildman–Crippen LogP) is 3.16. The largest absolute Gasteiger partial charge is 0.372 e. The molecule has 1 aromatic carbocycles. The number of aromatic nitrogens is 2. The zero-order valence-electron chi connectivity index (χ0n) is 17.4. The molecule has 0 bridgehead atoms. The fourth-order valence-corrected chi connectivity index (χ4v) is 3.71. The van der Waals surface area contributed by atoms with E-state index in [1.165, 1.54) is 0 Å². The second-order valence-electron chi connectivity index (χ2n) is 7.64. The van der Waals surface area contributed by atoms with Crippen LogP contribution in [0.4, 0.5) is 5.82 Å². The van der Waals surface area contributed by atoms with Crippen molar-refractivity contribution in [2.24, 2.45) is 0 Å². The van der Waals surface area contributed by atoms with Crippen LogP contribution in [0.5, 0.6) is 0 Å². The van der Waals surface area contributed by atoms with Crippen molar-refractivity contribution >= 4 is 22.8 Å². The van der Waals surface area contributed by atoms with Crippen LogP contribution in [0.2, 0.25) is 0 Å². The van der Waals surface area contributed by atoms with Crippen LogP contribution in [0.1, 0.15) is 51.6 Å². The zero-order chi connectivity index (χ0) is 20.8. The second kappa shape index (κ2) is 9.66. The van der Waals surface area contributed by atoms with E-state index in [0.29, 0.717) is 36.7 Å². The van der Waals surface area contributed by atoms with Crippen LogP contribution in [-0.2, 0) is 9.53 Å². The van der Waals surface area contributed by atoms with E-state index in [4.69, 9.17) is 14.7 Å². The van der Waals surface area contributed by atoms with Crippen molar-refractivity contribution in [2.45, 2.75) is 58.2 Å². The summed E-state index contributed by atoms with van der Waals surface area (Å²) in [6.45, 7) is 7.98. The van der Waals surface area contributed by atoms with Gasteiger partial charge < -0.3 is 15.0 Å². The molecule has 1 N–H and O–H groups in total. The van der Waals surface area contributed by atoms with Gasteiger partial charge >= 0.3 is 0 Å². The van der Waals surface area contributed by atoms with E-state index in [0.717, 1.165) is 24.8 Å². The van der Waals surface area contributed by atoms with Crippen molar-refractivity contribution in [1.29, 1.82) is 5.26 Å². The molecule has 29 heavy (non-hydrogen) atoms. The third-order valence-electron chi connectivity index (χ3n) is 5.04. The number of ether oxygens (including phenoxy) is 1. The van der Waals surface area contributed by atoms with Crippen molar-refractivity contribution in [2.75, 3.05) is 24.5 Å². The number of hydrogen-bond acceptors (Lipinski definition) is 6. The molecule has 0 saturated carbocycles. The molecule has 1 saturated heterocycles. The maximum atomic E-state index is 12.8. The van der Waals surface area contributed by atoms with Crippen LogP contribution in [0.25, 0.3) is 11.0 Å². The van der Waals surface area contributed by atoms with Gasteiger partial charge in [-0.25, -0.2) is 9.97 Å². The Morgan fingerprint density at radius 2 is 1.90 bits per heavy atom. The van der Waals surface area contributed by atoms with Gasteiger partial charge in [-0.2, -0.15) is 5.26 Å². The molecule has 0 unspecified atom stereocenters. The van der Waals surface area contributed by atoms with E-state index < -0.39 is 5.92 Å². The van der Waals surface area contributed by atoms with Crippen LogP contribution >= 0.6 is 0 Å². The van der Waals surface area contributed by atoms with Crippen molar-refractivity contribution < 1.29 is 9.53 Å². The maximum Gasteiger partial charge on any atom is 0.243 e. The number of amides is 1. The predicted molar refractivity (Wildman–Crippen MR) is 113 cm³/mol. The minimum Gasteiger partial charge on any atom is -0.372 e. The molecule has 2 aromatic rings. The van der Waals surface area contributed by atoms with Gasteiger partial charge in [0.05, 0.1) is 29.3 Å². The number of hydrogen-bond donors (Lipinski definition) is 1. The number of unbranched alkanes of at least 4 members (excludes halogenated alkanes) is 2. The molecule has 3 rings (SSSR count). The highest BCUT2D eigenvalue weighted by Gasteiger charge is 2.31. The number of carbonyl (C=O) groups excluding carboxylic acids is 1. The Kier molecular flexibility index (Phi) is 6.99. The smallest absolute Gasteiger partial charge is 0.243 e. The highest BCUT2D eigenvalue weighted by atomic mass is 16.5. The molecule has 2 heterocycles. The summed E-state index contributed by atoms with van der Waals surface area (Å²) in [6.07, 6.45) is 3.08. The van der Waals surface area contributed by atoms with Gasteiger partial charge in [0.2, 0.25) is 5.91 Å². The highest BCUT2D eigenvalue weighted by Crippen LogP contribution is 2.29. The summed E-state index contributed by atoms with van der Waals surface area (Å²) in [6, 6.07) is 9.70. The van der Waals surface area contributed by atoms with Crippen LogP contribution in [0.3, 0.4) is 0 Å². The summed E-state index contributed by atoms with van der Waals surface area (Å²) in [5, 5.41) is 12.7. The Labute approximate surface area is 172 Å². The first-order chi connectivity index (χ1) is 14.0. The quantitative estimate of drug-likeness (QED) is 0.724. The average molecular weight is 396 g/mol. The summed E-state index contributed by atoms with van der Waals surface area (Å²) in [7, 11) is 0. The summed E-state index contributed by atoms with van der Waals surface area (Å²) < 4.78 is 5.84. The summed E-state index contributed by atoms with van der Waals surface area (Å²) in [4.78, 5) is 24.4. The van der Waals surface area contributed by atoms with E-state index in [-0.39, 0.29) is 18.1 Å². The van der Waals surface area contributed by atoms with E-state index >= 15 is 0 Å². The molecule has 0 aliphatic carbocycles.